The number of halogens is 2. The Morgan fingerprint density at radius 3 is 2.18 bits per heavy atom. The highest BCUT2D eigenvalue weighted by atomic mass is 19.3. The maximum absolute atomic E-state index is 13.2. The van der Waals surface area contributed by atoms with Crippen molar-refractivity contribution in [3.63, 3.8) is 0 Å². The Balaban J connectivity index is 1.57. The van der Waals surface area contributed by atoms with Gasteiger partial charge in [0.15, 0.2) is 0 Å². The van der Waals surface area contributed by atoms with Crippen LogP contribution >= 0.6 is 0 Å². The summed E-state index contributed by atoms with van der Waals surface area (Å²) >= 11 is 0. The van der Waals surface area contributed by atoms with Gasteiger partial charge in [-0.25, -0.2) is 0 Å². The van der Waals surface area contributed by atoms with Crippen molar-refractivity contribution in [2.24, 2.45) is 13.0 Å². The molecular weight excluding hydrogens is 490 g/mol. The zero-order chi connectivity index (χ0) is 26.8. The number of imide groups is 1. The van der Waals surface area contributed by atoms with E-state index in [4.69, 9.17) is 4.74 Å². The quantitative estimate of drug-likeness (QED) is 0.225. The third-order valence-corrected chi connectivity index (χ3v) is 7.05. The number of nitrogens with one attached hydrogen (secondary N) is 2. The van der Waals surface area contributed by atoms with Crippen molar-refractivity contribution in [2.75, 3.05) is 19.8 Å². The third kappa shape index (κ3) is 4.87. The molecule has 2 amide bonds. The largest absolute Gasteiger partial charge is 0.381 e. The molecule has 1 aliphatic rings. The molecule has 5 rings (SSSR count). The van der Waals surface area contributed by atoms with Crippen LogP contribution in [0.15, 0.2) is 60.9 Å². The number of para-hydroxylation sites is 2. The van der Waals surface area contributed by atoms with Crippen LogP contribution in [0.25, 0.3) is 33.0 Å². The number of nitrogens with zero attached hydrogens (tertiary/aromatic N) is 2. The van der Waals surface area contributed by atoms with Crippen molar-refractivity contribution in [1.29, 1.82) is 0 Å². The molecule has 0 spiro atoms. The number of hydrogen-bond acceptors (Lipinski definition) is 4. The molecule has 9 heteroatoms. The van der Waals surface area contributed by atoms with Crippen molar-refractivity contribution >= 4 is 44.8 Å². The van der Waals surface area contributed by atoms with E-state index in [9.17, 15) is 18.4 Å². The maximum atomic E-state index is 13.2. The van der Waals surface area contributed by atoms with E-state index >= 15 is 0 Å². The SMILES string of the molecule is CCOCC(CCn1cc(C2=C(c3cn(C)c4ccccc34)C(=O)NC2=O)c2ccccc21)CNC(F)F. The zero-order valence-electron chi connectivity index (χ0n) is 21.3. The molecule has 1 aliphatic heterocycles. The highest BCUT2D eigenvalue weighted by molar-refractivity contribution is 6.50. The summed E-state index contributed by atoms with van der Waals surface area (Å²) in [6.07, 6.45) is 4.37. The van der Waals surface area contributed by atoms with E-state index < -0.39 is 18.4 Å². The number of ether oxygens (including phenoxy) is 1. The topological polar surface area (TPSA) is 77.3 Å². The predicted octanol–water partition coefficient (Wildman–Crippen LogP) is 4.56. The van der Waals surface area contributed by atoms with Gasteiger partial charge in [0.1, 0.15) is 0 Å². The normalized spacial score (nSPS) is 14.9. The maximum Gasteiger partial charge on any atom is 0.292 e. The van der Waals surface area contributed by atoms with E-state index in [1.807, 2.05) is 84.0 Å². The van der Waals surface area contributed by atoms with Gasteiger partial charge in [-0.15, -0.1) is 0 Å². The second-order valence-corrected chi connectivity index (χ2v) is 9.48. The molecule has 0 bridgehead atoms. The molecule has 2 N–H and O–H groups in total. The minimum Gasteiger partial charge on any atom is -0.381 e. The smallest absolute Gasteiger partial charge is 0.292 e. The Labute approximate surface area is 219 Å². The van der Waals surface area contributed by atoms with Gasteiger partial charge in [0.05, 0.1) is 17.8 Å². The molecule has 4 aromatic rings. The summed E-state index contributed by atoms with van der Waals surface area (Å²) < 4.78 is 35.1. The number of alkyl halides is 2. The minimum absolute atomic E-state index is 0.115. The van der Waals surface area contributed by atoms with Crippen molar-refractivity contribution in [3.8, 4) is 0 Å². The molecule has 7 nitrogen and oxygen atoms in total. The van der Waals surface area contributed by atoms with Gasteiger partial charge >= 0.3 is 0 Å². The van der Waals surface area contributed by atoms with Crippen LogP contribution < -0.4 is 10.6 Å². The van der Waals surface area contributed by atoms with Crippen LogP contribution in [0.5, 0.6) is 0 Å². The lowest BCUT2D eigenvalue weighted by atomic mass is 9.95. The van der Waals surface area contributed by atoms with Crippen molar-refractivity contribution in [1.82, 2.24) is 19.8 Å². The number of amides is 2. The average Bonchev–Trinajstić information content (AvgIpc) is 3.53. The Hall–Kier alpha value is -3.82. The standard InChI is InChI=1S/C29H30F2N4O3/c1-3-38-17-18(14-32-29(30)31)12-13-35-16-22(20-9-5-7-11-24(20)35)26-25(27(36)33-28(26)37)21-15-34(2)23-10-6-4-8-19(21)23/h4-11,15-16,18,29,32H,3,12-14,17H2,1-2H3,(H,33,36,37). The third-order valence-electron chi connectivity index (χ3n) is 7.05. The molecule has 0 radical (unpaired) electrons. The lowest BCUT2D eigenvalue weighted by Gasteiger charge is -2.18. The molecule has 38 heavy (non-hydrogen) atoms. The highest BCUT2D eigenvalue weighted by Gasteiger charge is 2.35. The first-order valence-electron chi connectivity index (χ1n) is 12.7. The lowest BCUT2D eigenvalue weighted by molar-refractivity contribution is -0.122. The fraction of sp³-hybridized carbons (Fsp3) is 0.310. The number of rotatable bonds is 11. The molecule has 1 atom stereocenters. The molecular formula is C29H30F2N4O3. The molecule has 0 aliphatic carbocycles. The number of fused-ring (bicyclic) bond motifs is 2. The van der Waals surface area contributed by atoms with Gasteiger partial charge in [-0.2, -0.15) is 8.78 Å². The number of carbonyl (C=O) groups is 2. The molecule has 198 valence electrons. The Bertz CT molecular complexity index is 1540. The molecule has 0 fully saturated rings. The number of aryl methyl sites for hydroxylation is 2. The van der Waals surface area contributed by atoms with Gasteiger partial charge in [-0.1, -0.05) is 36.4 Å². The monoisotopic (exact) mass is 520 g/mol. The van der Waals surface area contributed by atoms with Gasteiger partial charge in [0.25, 0.3) is 18.4 Å². The first kappa shape index (κ1) is 25.8. The molecule has 3 heterocycles. The number of benzene rings is 2. The lowest BCUT2D eigenvalue weighted by Crippen LogP contribution is -2.30. The number of hydrogen-bond donors (Lipinski definition) is 2. The van der Waals surface area contributed by atoms with Crippen LogP contribution in [0.1, 0.15) is 24.5 Å². The molecule has 1 unspecified atom stereocenters. The minimum atomic E-state index is -2.59. The number of aromatic nitrogens is 2. The van der Waals surface area contributed by atoms with E-state index in [1.165, 1.54) is 0 Å². The number of carbonyl (C=O) groups excluding carboxylic acids is 2. The highest BCUT2D eigenvalue weighted by Crippen LogP contribution is 2.38. The predicted molar refractivity (Wildman–Crippen MR) is 143 cm³/mol. The summed E-state index contributed by atoms with van der Waals surface area (Å²) in [5, 5.41) is 6.44. The van der Waals surface area contributed by atoms with Crippen LogP contribution in [0.4, 0.5) is 8.78 Å². The molecule has 0 saturated heterocycles. The molecule has 2 aromatic carbocycles. The van der Waals surface area contributed by atoms with Crippen LogP contribution in [-0.2, 0) is 27.9 Å². The van der Waals surface area contributed by atoms with Crippen molar-refractivity contribution in [2.45, 2.75) is 26.4 Å². The van der Waals surface area contributed by atoms with Gasteiger partial charge in [0, 0.05) is 72.1 Å². The second-order valence-electron chi connectivity index (χ2n) is 9.48. The molecule has 0 saturated carbocycles. The summed E-state index contributed by atoms with van der Waals surface area (Å²) in [6, 6.07) is 15.5. The summed E-state index contributed by atoms with van der Waals surface area (Å²) in [5.74, 6) is -0.973. The van der Waals surface area contributed by atoms with E-state index in [0.717, 1.165) is 21.8 Å². The molecule has 2 aromatic heterocycles. The Kier molecular flexibility index (Phi) is 7.40. The van der Waals surface area contributed by atoms with E-state index in [-0.39, 0.29) is 12.5 Å². The van der Waals surface area contributed by atoms with Crippen LogP contribution in [0, 0.1) is 5.92 Å². The van der Waals surface area contributed by atoms with Crippen molar-refractivity contribution in [3.05, 3.63) is 72.1 Å². The average molecular weight is 521 g/mol. The van der Waals surface area contributed by atoms with Gasteiger partial charge < -0.3 is 13.9 Å². The summed E-state index contributed by atoms with van der Waals surface area (Å²) in [5.41, 5.74) is 3.92. The Morgan fingerprint density at radius 1 is 0.921 bits per heavy atom. The van der Waals surface area contributed by atoms with Gasteiger partial charge in [-0.3, -0.25) is 20.2 Å². The van der Waals surface area contributed by atoms with E-state index in [2.05, 4.69) is 10.6 Å². The van der Waals surface area contributed by atoms with Crippen LogP contribution in [-0.4, -0.2) is 47.3 Å². The summed E-state index contributed by atoms with van der Waals surface area (Å²) in [4.78, 5) is 26.3. The van der Waals surface area contributed by atoms with Crippen LogP contribution in [0.3, 0.4) is 0 Å². The Morgan fingerprint density at radius 2 is 1.53 bits per heavy atom. The van der Waals surface area contributed by atoms with Crippen LogP contribution in [0.2, 0.25) is 0 Å². The fourth-order valence-electron chi connectivity index (χ4n) is 5.25. The summed E-state index contributed by atoms with van der Waals surface area (Å²) in [6.45, 7) is 0.840. The van der Waals surface area contributed by atoms with Gasteiger partial charge in [-0.05, 0) is 31.4 Å². The van der Waals surface area contributed by atoms with Gasteiger partial charge in [0.2, 0.25) is 0 Å². The van der Waals surface area contributed by atoms with E-state index in [0.29, 0.717) is 48.5 Å². The first-order valence-corrected chi connectivity index (χ1v) is 12.7. The van der Waals surface area contributed by atoms with E-state index in [1.54, 1.807) is 0 Å². The zero-order valence-corrected chi connectivity index (χ0v) is 21.3. The van der Waals surface area contributed by atoms with Crippen molar-refractivity contribution < 1.29 is 23.1 Å². The first-order chi connectivity index (χ1) is 18.4. The summed E-state index contributed by atoms with van der Waals surface area (Å²) in [7, 11) is 1.91. The second kappa shape index (κ2) is 10.9. The fourth-order valence-corrected chi connectivity index (χ4v) is 5.25.